The number of anilines is 1. The number of hydrogen-bond donors (Lipinski definition) is 1. The van der Waals surface area contributed by atoms with Gasteiger partial charge in [-0.3, -0.25) is 4.79 Å². The second-order valence-corrected chi connectivity index (χ2v) is 7.62. The number of carbonyl (C=O) groups is 2. The van der Waals surface area contributed by atoms with Gasteiger partial charge in [-0.2, -0.15) is 13.2 Å². The van der Waals surface area contributed by atoms with Crippen LogP contribution < -0.4 is 5.32 Å². The zero-order valence-corrected chi connectivity index (χ0v) is 17.5. The van der Waals surface area contributed by atoms with Crippen LogP contribution in [0.1, 0.15) is 16.0 Å². The lowest BCUT2D eigenvalue weighted by Crippen LogP contribution is -2.22. The molecule has 0 aliphatic heterocycles. The molecule has 0 aliphatic carbocycles. The highest BCUT2D eigenvalue weighted by molar-refractivity contribution is 7.11. The summed E-state index contributed by atoms with van der Waals surface area (Å²) in [5, 5.41) is 3.51. The smallest absolute Gasteiger partial charge is 0.417 e. The number of carbonyl (C=O) groups excluding carboxylic acids is 2. The summed E-state index contributed by atoms with van der Waals surface area (Å²) >= 11 is 7.00. The number of halogens is 5. The number of amides is 1. The number of ether oxygens (including phenoxy) is 1. The van der Waals surface area contributed by atoms with E-state index in [9.17, 15) is 27.2 Å². The van der Waals surface area contributed by atoms with Crippen LogP contribution in [0.15, 0.2) is 54.0 Å². The van der Waals surface area contributed by atoms with Crippen LogP contribution >= 0.6 is 22.9 Å². The van der Waals surface area contributed by atoms with E-state index in [2.05, 4.69) is 10.3 Å². The molecule has 0 bridgehead atoms. The molecule has 3 rings (SSSR count). The molecular weight excluding hydrogens is 472 g/mol. The topological polar surface area (TPSA) is 68.3 Å². The standard InChI is InChI=1S/C21H13ClF4N2O3S/c22-16-9-13(21(24,25)26)10-27-19(16)28-18(29)11-31-20(30)15(17-2-1-7-32-17)8-12-3-5-14(23)6-4-12/h1-10H,11H2,(H,27,28,29). The number of esters is 1. The molecule has 32 heavy (non-hydrogen) atoms. The van der Waals surface area contributed by atoms with Crippen LogP contribution in [0.2, 0.25) is 5.02 Å². The van der Waals surface area contributed by atoms with Crippen LogP contribution in [0.4, 0.5) is 23.4 Å². The van der Waals surface area contributed by atoms with Crippen molar-refractivity contribution in [1.29, 1.82) is 0 Å². The van der Waals surface area contributed by atoms with E-state index in [4.69, 9.17) is 16.3 Å². The lowest BCUT2D eigenvalue weighted by Gasteiger charge is -2.11. The Kier molecular flexibility index (Phi) is 7.26. The van der Waals surface area contributed by atoms with Crippen LogP contribution in [0.25, 0.3) is 11.6 Å². The minimum Gasteiger partial charge on any atom is -0.452 e. The number of pyridine rings is 1. The normalized spacial score (nSPS) is 11.8. The molecule has 11 heteroatoms. The highest BCUT2D eigenvalue weighted by atomic mass is 35.5. The number of benzene rings is 1. The highest BCUT2D eigenvalue weighted by Crippen LogP contribution is 2.32. The number of nitrogens with zero attached hydrogens (tertiary/aromatic N) is 1. The van der Waals surface area contributed by atoms with Gasteiger partial charge in [-0.15, -0.1) is 11.3 Å². The summed E-state index contributed by atoms with van der Waals surface area (Å²) in [6.45, 7) is -0.732. The molecule has 0 unspecified atom stereocenters. The Labute approximate surface area is 188 Å². The molecule has 2 heterocycles. The number of aromatic nitrogens is 1. The first-order chi connectivity index (χ1) is 15.1. The van der Waals surface area contributed by atoms with Gasteiger partial charge in [0.2, 0.25) is 0 Å². The molecule has 0 fully saturated rings. The van der Waals surface area contributed by atoms with E-state index in [0.29, 0.717) is 22.7 Å². The van der Waals surface area contributed by atoms with E-state index >= 15 is 0 Å². The Morgan fingerprint density at radius 3 is 2.50 bits per heavy atom. The second-order valence-electron chi connectivity index (χ2n) is 6.26. The van der Waals surface area contributed by atoms with Gasteiger partial charge in [-0.05, 0) is 41.3 Å². The van der Waals surface area contributed by atoms with Crippen LogP contribution in [0.5, 0.6) is 0 Å². The molecule has 0 saturated carbocycles. The Morgan fingerprint density at radius 2 is 1.91 bits per heavy atom. The van der Waals surface area contributed by atoms with E-state index in [1.54, 1.807) is 17.5 Å². The predicted octanol–water partition coefficient (Wildman–Crippen LogP) is 5.68. The first-order valence-electron chi connectivity index (χ1n) is 8.84. The van der Waals surface area contributed by atoms with Crippen molar-refractivity contribution < 1.29 is 31.9 Å². The lowest BCUT2D eigenvalue weighted by atomic mass is 10.1. The first kappa shape index (κ1) is 23.4. The Balaban J connectivity index is 1.68. The highest BCUT2D eigenvalue weighted by Gasteiger charge is 2.31. The van der Waals surface area contributed by atoms with Gasteiger partial charge in [-0.25, -0.2) is 14.2 Å². The molecule has 0 saturated heterocycles. The summed E-state index contributed by atoms with van der Waals surface area (Å²) in [5.41, 5.74) is -0.388. The molecule has 166 valence electrons. The van der Waals surface area contributed by atoms with Crippen molar-refractivity contribution in [3.05, 3.63) is 80.9 Å². The first-order valence-corrected chi connectivity index (χ1v) is 10.1. The van der Waals surface area contributed by atoms with Gasteiger partial charge in [0, 0.05) is 11.1 Å². The third-order valence-corrected chi connectivity index (χ3v) is 5.14. The fourth-order valence-corrected chi connectivity index (χ4v) is 3.39. The van der Waals surface area contributed by atoms with E-state index in [1.165, 1.54) is 41.7 Å². The molecule has 1 aromatic carbocycles. The molecule has 1 amide bonds. The average Bonchev–Trinajstić information content (AvgIpc) is 3.27. The van der Waals surface area contributed by atoms with Crippen molar-refractivity contribution in [3.8, 4) is 0 Å². The lowest BCUT2D eigenvalue weighted by molar-refractivity contribution is -0.141. The monoisotopic (exact) mass is 484 g/mol. The minimum absolute atomic E-state index is 0.144. The van der Waals surface area contributed by atoms with Crippen molar-refractivity contribution in [3.63, 3.8) is 0 Å². The number of alkyl halides is 3. The van der Waals surface area contributed by atoms with Gasteiger partial charge in [-0.1, -0.05) is 29.8 Å². The number of nitrogens with one attached hydrogen (secondary N) is 1. The molecule has 0 spiro atoms. The quantitative estimate of drug-likeness (QED) is 0.278. The van der Waals surface area contributed by atoms with E-state index in [0.717, 1.165) is 0 Å². The van der Waals surface area contributed by atoms with Gasteiger partial charge in [0.05, 0.1) is 16.2 Å². The average molecular weight is 485 g/mol. The van der Waals surface area contributed by atoms with Gasteiger partial charge in [0.1, 0.15) is 5.82 Å². The molecule has 5 nitrogen and oxygen atoms in total. The maximum absolute atomic E-state index is 13.1. The molecular formula is C21H13ClF4N2O3S. The molecule has 0 aliphatic rings. The SMILES string of the molecule is O=C(COC(=O)C(=Cc1ccc(F)cc1)c1cccs1)Nc1ncc(C(F)(F)F)cc1Cl. The Bertz CT molecular complexity index is 1150. The minimum atomic E-state index is -4.64. The van der Waals surface area contributed by atoms with E-state index in [1.807, 2.05) is 0 Å². The fourth-order valence-electron chi connectivity index (χ4n) is 2.45. The third-order valence-electron chi connectivity index (χ3n) is 3.95. The largest absolute Gasteiger partial charge is 0.452 e. The zero-order valence-electron chi connectivity index (χ0n) is 16.0. The van der Waals surface area contributed by atoms with Crippen LogP contribution in [-0.4, -0.2) is 23.5 Å². The van der Waals surface area contributed by atoms with Crippen molar-refractivity contribution in [1.82, 2.24) is 4.98 Å². The van der Waals surface area contributed by atoms with Crippen molar-refractivity contribution in [2.24, 2.45) is 0 Å². The van der Waals surface area contributed by atoms with E-state index in [-0.39, 0.29) is 11.4 Å². The molecule has 0 radical (unpaired) electrons. The molecule has 0 atom stereocenters. The van der Waals surface area contributed by atoms with Crippen LogP contribution in [-0.2, 0) is 20.5 Å². The molecule has 1 N–H and O–H groups in total. The summed E-state index contributed by atoms with van der Waals surface area (Å²) < 4.78 is 56.2. The number of rotatable bonds is 6. The summed E-state index contributed by atoms with van der Waals surface area (Å²) in [7, 11) is 0. The number of hydrogen-bond acceptors (Lipinski definition) is 5. The summed E-state index contributed by atoms with van der Waals surface area (Å²) in [6.07, 6.45) is -2.63. The van der Waals surface area contributed by atoms with Crippen molar-refractivity contribution >= 4 is 52.3 Å². The van der Waals surface area contributed by atoms with Crippen molar-refractivity contribution in [2.45, 2.75) is 6.18 Å². The predicted molar refractivity (Wildman–Crippen MR) is 112 cm³/mol. The molecule has 3 aromatic rings. The summed E-state index contributed by atoms with van der Waals surface area (Å²) in [6, 6.07) is 9.43. The van der Waals surface area contributed by atoms with Gasteiger partial charge >= 0.3 is 12.1 Å². The number of thiophene rings is 1. The maximum atomic E-state index is 13.1. The van der Waals surface area contributed by atoms with Crippen LogP contribution in [0, 0.1) is 5.82 Å². The van der Waals surface area contributed by atoms with Gasteiger partial charge in [0.15, 0.2) is 12.4 Å². The third kappa shape index (κ3) is 6.14. The maximum Gasteiger partial charge on any atom is 0.417 e. The van der Waals surface area contributed by atoms with Crippen molar-refractivity contribution in [2.75, 3.05) is 11.9 Å². The summed E-state index contributed by atoms with van der Waals surface area (Å²) in [4.78, 5) is 28.7. The van der Waals surface area contributed by atoms with Gasteiger partial charge < -0.3 is 10.1 Å². The summed E-state index contributed by atoms with van der Waals surface area (Å²) in [5.74, 6) is -2.41. The Morgan fingerprint density at radius 1 is 1.19 bits per heavy atom. The molecule has 2 aromatic heterocycles. The van der Waals surface area contributed by atoms with Crippen LogP contribution in [0.3, 0.4) is 0 Å². The van der Waals surface area contributed by atoms with Gasteiger partial charge in [0.25, 0.3) is 5.91 Å². The second kappa shape index (κ2) is 9.92. The zero-order chi connectivity index (χ0) is 23.3. The van der Waals surface area contributed by atoms with E-state index < -0.39 is 41.1 Å². The Hall–Kier alpha value is -3.24. The fraction of sp³-hybridized carbons (Fsp3) is 0.0952.